The maximum atomic E-state index is 11.1. The van der Waals surface area contributed by atoms with Gasteiger partial charge in [0.1, 0.15) is 5.76 Å². The van der Waals surface area contributed by atoms with Crippen molar-refractivity contribution in [3.8, 4) is 0 Å². The number of furan rings is 1. The number of carbonyl (C=O) groups is 1. The van der Waals surface area contributed by atoms with E-state index in [1.54, 1.807) is 12.1 Å². The normalized spacial score (nSPS) is 10.2. The predicted molar refractivity (Wildman–Crippen MR) is 76.0 cm³/mol. The number of hydrogen-bond acceptors (Lipinski definition) is 7. The molecule has 1 N–H and O–H groups in total. The Labute approximate surface area is 127 Å². The molecule has 0 atom stereocenters. The molecule has 0 radical (unpaired) electrons. The van der Waals surface area contributed by atoms with Crippen molar-refractivity contribution in [1.82, 2.24) is 0 Å². The van der Waals surface area contributed by atoms with Crippen molar-refractivity contribution in [2.24, 2.45) is 0 Å². The van der Waals surface area contributed by atoms with E-state index >= 15 is 0 Å². The molecule has 0 saturated heterocycles. The average molecular weight is 326 g/mol. The molecule has 0 saturated carbocycles. The molecular weight excluding hydrogens is 318 g/mol. The van der Waals surface area contributed by atoms with Gasteiger partial charge < -0.3 is 9.73 Å². The van der Waals surface area contributed by atoms with Crippen molar-refractivity contribution >= 4 is 33.9 Å². The number of nitro benzene ring substituents is 2. The van der Waals surface area contributed by atoms with E-state index in [-0.39, 0.29) is 17.8 Å². The Balaban J connectivity index is 2.50. The molecule has 0 aliphatic carbocycles. The SMILES string of the molecule is O=C(Cl)c1cc([N+](=O)[O-])c(NCc2ccco2)c([N+](=O)[O-])c1. The van der Waals surface area contributed by atoms with Crippen molar-refractivity contribution in [2.75, 3.05) is 5.32 Å². The number of nitrogens with zero attached hydrogens (tertiary/aromatic N) is 2. The van der Waals surface area contributed by atoms with Crippen LogP contribution in [0.3, 0.4) is 0 Å². The van der Waals surface area contributed by atoms with Crippen molar-refractivity contribution in [2.45, 2.75) is 6.54 Å². The average Bonchev–Trinajstić information content (AvgIpc) is 2.96. The summed E-state index contributed by atoms with van der Waals surface area (Å²) in [4.78, 5) is 31.7. The summed E-state index contributed by atoms with van der Waals surface area (Å²) in [7, 11) is 0. The summed E-state index contributed by atoms with van der Waals surface area (Å²) < 4.78 is 5.04. The fourth-order valence-electron chi connectivity index (χ4n) is 1.78. The Morgan fingerprint density at radius 3 is 2.23 bits per heavy atom. The number of nitrogens with one attached hydrogen (secondary N) is 1. The summed E-state index contributed by atoms with van der Waals surface area (Å²) in [6.07, 6.45) is 1.40. The fraction of sp³-hybridized carbons (Fsp3) is 0.0833. The molecule has 0 fully saturated rings. The number of carbonyl (C=O) groups excluding carboxylic acids is 1. The molecule has 0 aliphatic heterocycles. The van der Waals surface area contributed by atoms with Gasteiger partial charge in [-0.3, -0.25) is 25.0 Å². The Bertz CT molecular complexity index is 708. The second kappa shape index (κ2) is 6.22. The number of hydrogen-bond donors (Lipinski definition) is 1. The summed E-state index contributed by atoms with van der Waals surface area (Å²) in [6, 6.07) is 4.97. The summed E-state index contributed by atoms with van der Waals surface area (Å²) in [5.41, 5.74) is -1.90. The van der Waals surface area contributed by atoms with E-state index in [9.17, 15) is 25.0 Å². The lowest BCUT2D eigenvalue weighted by Crippen LogP contribution is -2.07. The molecule has 2 aromatic rings. The number of anilines is 1. The van der Waals surface area contributed by atoms with Crippen molar-refractivity contribution in [3.05, 3.63) is 62.1 Å². The van der Waals surface area contributed by atoms with Gasteiger partial charge in [0.15, 0.2) is 5.69 Å². The van der Waals surface area contributed by atoms with Crippen molar-refractivity contribution in [1.29, 1.82) is 0 Å². The van der Waals surface area contributed by atoms with Crippen LogP contribution in [0.15, 0.2) is 34.9 Å². The van der Waals surface area contributed by atoms with E-state index in [0.717, 1.165) is 12.1 Å². The molecule has 10 heteroatoms. The Kier molecular flexibility index (Phi) is 4.37. The fourth-order valence-corrected chi connectivity index (χ4v) is 1.89. The van der Waals surface area contributed by atoms with Gasteiger partial charge in [0.05, 0.1) is 22.7 Å². The minimum atomic E-state index is -1.02. The molecule has 0 bridgehead atoms. The summed E-state index contributed by atoms with van der Waals surface area (Å²) >= 11 is 5.25. The van der Waals surface area contributed by atoms with Crippen LogP contribution in [-0.4, -0.2) is 15.1 Å². The third kappa shape index (κ3) is 3.20. The van der Waals surface area contributed by atoms with Gasteiger partial charge in [0.2, 0.25) is 0 Å². The first kappa shape index (κ1) is 15.4. The van der Waals surface area contributed by atoms with Crippen LogP contribution in [0.2, 0.25) is 0 Å². The molecule has 9 nitrogen and oxygen atoms in total. The van der Waals surface area contributed by atoms with E-state index in [4.69, 9.17) is 16.0 Å². The molecule has 0 aliphatic rings. The maximum Gasteiger partial charge on any atom is 0.300 e. The predicted octanol–water partition coefficient (Wildman–Crippen LogP) is 3.09. The zero-order chi connectivity index (χ0) is 16.3. The van der Waals surface area contributed by atoms with Gasteiger partial charge in [-0.05, 0) is 23.7 Å². The first-order valence-electron chi connectivity index (χ1n) is 5.83. The quantitative estimate of drug-likeness (QED) is 0.490. The van der Waals surface area contributed by atoms with Crippen LogP contribution in [0.1, 0.15) is 16.1 Å². The third-order valence-corrected chi connectivity index (χ3v) is 2.95. The zero-order valence-electron chi connectivity index (χ0n) is 10.8. The molecule has 0 unspecified atom stereocenters. The van der Waals surface area contributed by atoms with Crippen LogP contribution in [0.5, 0.6) is 0 Å². The standard InChI is InChI=1S/C12H8ClN3O6/c13-12(17)7-4-9(15(18)19)11(10(5-7)16(20)21)14-6-8-2-1-3-22-8/h1-5,14H,6H2. The van der Waals surface area contributed by atoms with Crippen LogP contribution in [0.25, 0.3) is 0 Å². The molecular formula is C12H8ClN3O6. The molecule has 114 valence electrons. The van der Waals surface area contributed by atoms with Crippen LogP contribution >= 0.6 is 11.6 Å². The monoisotopic (exact) mass is 325 g/mol. The first-order chi connectivity index (χ1) is 10.4. The lowest BCUT2D eigenvalue weighted by atomic mass is 10.1. The molecule has 0 spiro atoms. The highest BCUT2D eigenvalue weighted by Crippen LogP contribution is 2.36. The Morgan fingerprint density at radius 1 is 1.23 bits per heavy atom. The van der Waals surface area contributed by atoms with Crippen molar-refractivity contribution in [3.63, 3.8) is 0 Å². The number of nitro groups is 2. The minimum Gasteiger partial charge on any atom is -0.467 e. The first-order valence-corrected chi connectivity index (χ1v) is 6.21. The van der Waals surface area contributed by atoms with Crippen LogP contribution in [0.4, 0.5) is 17.1 Å². The van der Waals surface area contributed by atoms with Gasteiger partial charge in [-0.15, -0.1) is 0 Å². The molecule has 1 aromatic heterocycles. The second-order valence-electron chi connectivity index (χ2n) is 4.11. The van der Waals surface area contributed by atoms with E-state index in [1.807, 2.05) is 0 Å². The van der Waals surface area contributed by atoms with Crippen LogP contribution in [-0.2, 0) is 6.54 Å². The second-order valence-corrected chi connectivity index (χ2v) is 4.45. The highest BCUT2D eigenvalue weighted by Gasteiger charge is 2.28. The van der Waals surface area contributed by atoms with Crippen molar-refractivity contribution < 1.29 is 19.1 Å². The zero-order valence-corrected chi connectivity index (χ0v) is 11.6. The van der Waals surface area contributed by atoms with E-state index in [2.05, 4.69) is 5.32 Å². The smallest absolute Gasteiger partial charge is 0.300 e. The third-order valence-electron chi connectivity index (χ3n) is 2.74. The largest absolute Gasteiger partial charge is 0.467 e. The number of benzene rings is 1. The van der Waals surface area contributed by atoms with Gasteiger partial charge in [-0.25, -0.2) is 0 Å². The lowest BCUT2D eigenvalue weighted by Gasteiger charge is -2.07. The van der Waals surface area contributed by atoms with Crippen LogP contribution < -0.4 is 5.32 Å². The molecule has 22 heavy (non-hydrogen) atoms. The number of halogens is 1. The molecule has 1 aromatic carbocycles. The van der Waals surface area contributed by atoms with E-state index in [1.165, 1.54) is 6.26 Å². The van der Waals surface area contributed by atoms with Gasteiger partial charge in [0.25, 0.3) is 16.6 Å². The van der Waals surface area contributed by atoms with Gasteiger partial charge in [-0.2, -0.15) is 0 Å². The Hall–Kier alpha value is -2.94. The molecule has 1 heterocycles. The lowest BCUT2D eigenvalue weighted by molar-refractivity contribution is -0.392. The highest BCUT2D eigenvalue weighted by molar-refractivity contribution is 6.67. The topological polar surface area (TPSA) is 129 Å². The summed E-state index contributed by atoms with van der Waals surface area (Å²) in [6.45, 7) is 0.00283. The van der Waals surface area contributed by atoms with E-state index < -0.39 is 26.5 Å². The van der Waals surface area contributed by atoms with Gasteiger partial charge >= 0.3 is 0 Å². The number of rotatable bonds is 6. The van der Waals surface area contributed by atoms with Gasteiger partial charge in [0, 0.05) is 17.7 Å². The minimum absolute atomic E-state index is 0.00283. The molecule has 0 amide bonds. The highest BCUT2D eigenvalue weighted by atomic mass is 35.5. The van der Waals surface area contributed by atoms with Crippen LogP contribution in [0, 0.1) is 20.2 Å². The summed E-state index contributed by atoms with van der Waals surface area (Å²) in [5.74, 6) is 0.432. The van der Waals surface area contributed by atoms with E-state index in [0.29, 0.717) is 5.76 Å². The Morgan fingerprint density at radius 2 is 1.82 bits per heavy atom. The summed E-state index contributed by atoms with van der Waals surface area (Å²) in [5, 5.41) is 23.8. The van der Waals surface area contributed by atoms with Gasteiger partial charge in [-0.1, -0.05) is 0 Å². The molecule has 2 rings (SSSR count). The maximum absolute atomic E-state index is 11.1.